The van der Waals surface area contributed by atoms with Gasteiger partial charge in [-0.05, 0) is 30.7 Å². The van der Waals surface area contributed by atoms with Gasteiger partial charge in [-0.3, -0.25) is 4.79 Å². The maximum atomic E-state index is 10.6. The van der Waals surface area contributed by atoms with Crippen molar-refractivity contribution >= 4 is 6.29 Å². The van der Waals surface area contributed by atoms with Crippen LogP contribution in [0.4, 0.5) is 0 Å². The Balaban J connectivity index is 1.65. The third-order valence-electron chi connectivity index (χ3n) is 5.13. The molecule has 0 spiro atoms. The smallest absolute Gasteiger partial charge is 0.150 e. The molecule has 0 bridgehead atoms. The molecule has 0 heterocycles. The van der Waals surface area contributed by atoms with E-state index in [1.54, 1.807) is 24.3 Å². The fourth-order valence-electron chi connectivity index (χ4n) is 2.97. The fourth-order valence-corrected chi connectivity index (χ4v) is 2.97. The minimum Gasteiger partial charge on any atom is -0.491 e. The Hall–Kier alpha value is -1.67. The molecule has 0 aliphatic carbocycles. The predicted molar refractivity (Wildman–Crippen MR) is 150 cm³/mol. The van der Waals surface area contributed by atoms with Crippen LogP contribution in [0.1, 0.15) is 30.1 Å². The van der Waals surface area contributed by atoms with Gasteiger partial charge in [0.1, 0.15) is 18.6 Å². The molecule has 0 N–H and O–H groups in total. The minimum atomic E-state index is 0.436. The number of carbonyl (C=O) groups is 1. The molecule has 0 saturated carbocycles. The summed E-state index contributed by atoms with van der Waals surface area (Å²) in [6.45, 7) is 12.3. The first-order valence-electron chi connectivity index (χ1n) is 14.2. The van der Waals surface area contributed by atoms with Crippen molar-refractivity contribution in [3.63, 3.8) is 0 Å². The third-order valence-corrected chi connectivity index (χ3v) is 5.13. The number of rotatable bonds is 32. The zero-order valence-corrected chi connectivity index (χ0v) is 24.2. The van der Waals surface area contributed by atoms with E-state index in [-0.39, 0.29) is 0 Å². The van der Waals surface area contributed by atoms with Crippen LogP contribution in [0.15, 0.2) is 24.3 Å². The zero-order chi connectivity index (χ0) is 28.6. The summed E-state index contributed by atoms with van der Waals surface area (Å²) in [4.78, 5) is 10.6. The summed E-state index contributed by atoms with van der Waals surface area (Å²) in [5.74, 6) is 0.707. The molecule has 40 heavy (non-hydrogen) atoms. The molecule has 0 unspecified atom stereocenters. The van der Waals surface area contributed by atoms with Crippen molar-refractivity contribution < 1.29 is 52.2 Å². The van der Waals surface area contributed by atoms with E-state index in [4.69, 9.17) is 47.4 Å². The van der Waals surface area contributed by atoms with Gasteiger partial charge >= 0.3 is 0 Å². The summed E-state index contributed by atoms with van der Waals surface area (Å²) in [6, 6.07) is 6.94. The number of ether oxygens (including phenoxy) is 10. The largest absolute Gasteiger partial charge is 0.491 e. The molecule has 0 aromatic heterocycles. The maximum Gasteiger partial charge on any atom is 0.150 e. The van der Waals surface area contributed by atoms with Crippen molar-refractivity contribution in [1.82, 2.24) is 0 Å². The summed E-state index contributed by atoms with van der Waals surface area (Å²) in [5, 5.41) is 0. The quantitative estimate of drug-likeness (QED) is 0.0936. The van der Waals surface area contributed by atoms with Crippen molar-refractivity contribution in [2.75, 3.05) is 126 Å². The maximum absolute atomic E-state index is 10.6. The first-order chi connectivity index (χ1) is 19.9. The summed E-state index contributed by atoms with van der Waals surface area (Å²) in [7, 11) is 0. The van der Waals surface area contributed by atoms with Crippen LogP contribution in [0.5, 0.6) is 5.75 Å². The van der Waals surface area contributed by atoms with Crippen LogP contribution in [-0.4, -0.2) is 132 Å². The topological polar surface area (TPSA) is 109 Å². The third kappa shape index (κ3) is 25.3. The molecule has 11 nitrogen and oxygen atoms in total. The van der Waals surface area contributed by atoms with Crippen LogP contribution in [0, 0.1) is 0 Å². The summed E-state index contributed by atoms with van der Waals surface area (Å²) in [5.41, 5.74) is 0.621. The van der Waals surface area contributed by atoms with Gasteiger partial charge in [0.2, 0.25) is 0 Å². The standard InChI is InChI=1S/C29H50O11/c1-2-3-8-31-9-10-32-11-12-33-13-14-34-15-16-35-17-18-36-19-20-37-21-22-38-23-24-39-25-26-40-29-6-4-28(27-30)5-7-29/h4-7,27H,2-3,8-26H2,1H3. The average molecular weight is 575 g/mol. The highest BCUT2D eigenvalue weighted by Crippen LogP contribution is 2.10. The highest BCUT2D eigenvalue weighted by atomic mass is 16.6. The molecule has 0 atom stereocenters. The molecule has 0 radical (unpaired) electrons. The Labute approximate surface area is 239 Å². The molecule has 1 rings (SSSR count). The lowest BCUT2D eigenvalue weighted by molar-refractivity contribution is -0.0254. The van der Waals surface area contributed by atoms with Gasteiger partial charge in [-0.2, -0.15) is 0 Å². The SMILES string of the molecule is CCCCOCCOCCOCCOCCOCCOCCOCCOCCOCCOc1ccc(C=O)cc1. The number of hydrogen-bond acceptors (Lipinski definition) is 11. The van der Waals surface area contributed by atoms with E-state index < -0.39 is 0 Å². The number of benzene rings is 1. The van der Waals surface area contributed by atoms with Crippen molar-refractivity contribution in [3.8, 4) is 5.75 Å². The molecule has 0 amide bonds. The lowest BCUT2D eigenvalue weighted by Crippen LogP contribution is -2.15. The average Bonchev–Trinajstić information content (AvgIpc) is 2.98. The Morgan fingerprint density at radius 2 is 0.750 bits per heavy atom. The highest BCUT2D eigenvalue weighted by molar-refractivity contribution is 5.74. The monoisotopic (exact) mass is 574 g/mol. The summed E-state index contributed by atoms with van der Waals surface area (Å²) in [6.07, 6.45) is 3.04. The van der Waals surface area contributed by atoms with E-state index in [9.17, 15) is 4.79 Å². The molecule has 0 fully saturated rings. The fraction of sp³-hybridized carbons (Fsp3) is 0.759. The normalized spacial score (nSPS) is 11.2. The number of hydrogen-bond donors (Lipinski definition) is 0. The van der Waals surface area contributed by atoms with Crippen molar-refractivity contribution in [3.05, 3.63) is 29.8 Å². The Kier molecular flexibility index (Phi) is 27.5. The van der Waals surface area contributed by atoms with Crippen LogP contribution in [-0.2, 0) is 42.6 Å². The van der Waals surface area contributed by atoms with Gasteiger partial charge in [0, 0.05) is 12.2 Å². The Morgan fingerprint density at radius 3 is 1.05 bits per heavy atom. The molecule has 0 aliphatic heterocycles. The van der Waals surface area contributed by atoms with E-state index in [1.807, 2.05) is 0 Å². The second-order valence-corrected chi connectivity index (χ2v) is 8.40. The molecule has 0 saturated heterocycles. The van der Waals surface area contributed by atoms with Crippen LogP contribution in [0.2, 0.25) is 0 Å². The summed E-state index contributed by atoms with van der Waals surface area (Å²) >= 11 is 0. The highest BCUT2D eigenvalue weighted by Gasteiger charge is 1.97. The first-order valence-corrected chi connectivity index (χ1v) is 14.2. The molecule has 11 heteroatoms. The Bertz CT molecular complexity index is 645. The van der Waals surface area contributed by atoms with Crippen LogP contribution in [0.25, 0.3) is 0 Å². The first kappa shape index (κ1) is 36.4. The van der Waals surface area contributed by atoms with Crippen LogP contribution < -0.4 is 4.74 Å². The summed E-state index contributed by atoms with van der Waals surface area (Å²) < 4.78 is 54.6. The molecular weight excluding hydrogens is 524 g/mol. The molecular formula is C29H50O11. The molecule has 1 aromatic carbocycles. The van der Waals surface area contributed by atoms with Gasteiger partial charge in [-0.15, -0.1) is 0 Å². The number of unbranched alkanes of at least 4 members (excludes halogenated alkanes) is 1. The van der Waals surface area contributed by atoms with Crippen LogP contribution in [0.3, 0.4) is 0 Å². The van der Waals surface area contributed by atoms with Crippen molar-refractivity contribution in [2.24, 2.45) is 0 Å². The van der Waals surface area contributed by atoms with E-state index >= 15 is 0 Å². The zero-order valence-electron chi connectivity index (χ0n) is 24.2. The predicted octanol–water partition coefficient (Wildman–Crippen LogP) is 2.83. The van der Waals surface area contributed by atoms with Crippen molar-refractivity contribution in [2.45, 2.75) is 19.8 Å². The van der Waals surface area contributed by atoms with E-state index in [0.717, 1.165) is 25.7 Å². The van der Waals surface area contributed by atoms with Gasteiger partial charge in [-0.25, -0.2) is 0 Å². The molecule has 232 valence electrons. The molecule has 1 aromatic rings. The lowest BCUT2D eigenvalue weighted by Gasteiger charge is -2.09. The lowest BCUT2D eigenvalue weighted by atomic mass is 10.2. The second-order valence-electron chi connectivity index (χ2n) is 8.40. The van der Waals surface area contributed by atoms with Gasteiger partial charge in [0.25, 0.3) is 0 Å². The van der Waals surface area contributed by atoms with Gasteiger partial charge in [-0.1, -0.05) is 13.3 Å². The second kappa shape index (κ2) is 30.3. The minimum absolute atomic E-state index is 0.436. The van der Waals surface area contributed by atoms with Gasteiger partial charge < -0.3 is 47.4 Å². The van der Waals surface area contributed by atoms with Gasteiger partial charge in [0.05, 0.1) is 112 Å². The van der Waals surface area contributed by atoms with Gasteiger partial charge in [0.15, 0.2) is 0 Å². The van der Waals surface area contributed by atoms with Crippen LogP contribution >= 0.6 is 0 Å². The Morgan fingerprint density at radius 1 is 0.450 bits per heavy atom. The van der Waals surface area contributed by atoms with E-state index in [2.05, 4.69) is 6.92 Å². The number of carbonyl (C=O) groups excluding carboxylic acids is 1. The van der Waals surface area contributed by atoms with E-state index in [0.29, 0.717) is 130 Å². The van der Waals surface area contributed by atoms with E-state index in [1.165, 1.54) is 0 Å². The van der Waals surface area contributed by atoms with Crippen molar-refractivity contribution in [1.29, 1.82) is 0 Å². The number of aldehydes is 1. The molecule has 0 aliphatic rings.